The van der Waals surface area contributed by atoms with Crippen molar-refractivity contribution in [3.8, 4) is 0 Å². The number of hydrogen-bond acceptors (Lipinski definition) is 3. The Balaban J connectivity index is 1.94. The van der Waals surface area contributed by atoms with Crippen molar-refractivity contribution in [3.05, 3.63) is 47.9 Å². The van der Waals surface area contributed by atoms with Gasteiger partial charge in [0.2, 0.25) is 0 Å². The van der Waals surface area contributed by atoms with Crippen LogP contribution in [0.3, 0.4) is 0 Å². The van der Waals surface area contributed by atoms with Crippen molar-refractivity contribution in [1.29, 1.82) is 0 Å². The van der Waals surface area contributed by atoms with E-state index in [-0.39, 0.29) is 0 Å². The maximum atomic E-state index is 4.18. The van der Waals surface area contributed by atoms with Gasteiger partial charge in [0.15, 0.2) is 0 Å². The minimum absolute atomic E-state index is 0.479. The molecule has 0 fully saturated rings. The molecule has 0 saturated carbocycles. The summed E-state index contributed by atoms with van der Waals surface area (Å²) in [4.78, 5) is 0. The maximum absolute atomic E-state index is 4.18. The molecule has 0 saturated heterocycles. The number of para-hydroxylation sites is 1. The molecule has 3 aromatic rings. The van der Waals surface area contributed by atoms with E-state index in [4.69, 9.17) is 0 Å². The second-order valence-electron chi connectivity index (χ2n) is 5.72. The molecule has 21 heavy (non-hydrogen) atoms. The Bertz CT molecular complexity index is 738. The van der Waals surface area contributed by atoms with Crippen molar-refractivity contribution in [2.24, 2.45) is 7.05 Å². The average Bonchev–Trinajstić information content (AvgIpc) is 3.02. The summed E-state index contributed by atoms with van der Waals surface area (Å²) in [5, 5.41) is 13.0. The summed E-state index contributed by atoms with van der Waals surface area (Å²) in [5.74, 6) is 0. The van der Waals surface area contributed by atoms with Gasteiger partial charge in [-0.25, -0.2) is 0 Å². The second kappa shape index (κ2) is 5.69. The number of rotatable bonds is 5. The van der Waals surface area contributed by atoms with Crippen LogP contribution >= 0.6 is 0 Å². The zero-order valence-electron chi connectivity index (χ0n) is 12.7. The van der Waals surface area contributed by atoms with E-state index in [1.807, 2.05) is 13.2 Å². The van der Waals surface area contributed by atoms with E-state index >= 15 is 0 Å². The van der Waals surface area contributed by atoms with Crippen LogP contribution in [0.5, 0.6) is 0 Å². The molecule has 110 valence electrons. The van der Waals surface area contributed by atoms with Crippen molar-refractivity contribution in [2.45, 2.75) is 33.0 Å². The molecule has 0 atom stereocenters. The minimum atomic E-state index is 0.479. The van der Waals surface area contributed by atoms with Gasteiger partial charge in [-0.05, 0) is 11.6 Å². The third-order valence-electron chi connectivity index (χ3n) is 3.55. The molecule has 5 nitrogen and oxygen atoms in total. The van der Waals surface area contributed by atoms with Gasteiger partial charge in [0.25, 0.3) is 0 Å². The van der Waals surface area contributed by atoms with Crippen LogP contribution < -0.4 is 5.32 Å². The second-order valence-corrected chi connectivity index (χ2v) is 5.72. The standard InChI is InChI=1S/C16H21N5/c1-12(2)17-8-13-9-21(11-14-10-20(3)19-18-14)16-7-5-4-6-15(13)16/h4-7,9-10,12,17H,8,11H2,1-3H3. The summed E-state index contributed by atoms with van der Waals surface area (Å²) in [6.45, 7) is 5.96. The Labute approximate surface area is 124 Å². The van der Waals surface area contributed by atoms with Gasteiger partial charge in [0.1, 0.15) is 5.69 Å². The molecular weight excluding hydrogens is 262 g/mol. The molecule has 1 N–H and O–H groups in total. The van der Waals surface area contributed by atoms with Crippen LogP contribution in [-0.2, 0) is 20.1 Å². The highest BCUT2D eigenvalue weighted by atomic mass is 15.4. The number of aromatic nitrogens is 4. The lowest BCUT2D eigenvalue weighted by Gasteiger charge is -2.06. The van der Waals surface area contributed by atoms with Crippen molar-refractivity contribution in [1.82, 2.24) is 24.9 Å². The lowest BCUT2D eigenvalue weighted by atomic mass is 10.2. The fourth-order valence-corrected chi connectivity index (χ4v) is 2.55. The van der Waals surface area contributed by atoms with E-state index in [0.29, 0.717) is 6.04 Å². The molecule has 1 aromatic carbocycles. The van der Waals surface area contributed by atoms with Crippen molar-refractivity contribution >= 4 is 10.9 Å². The minimum Gasteiger partial charge on any atom is -0.341 e. The van der Waals surface area contributed by atoms with Crippen LogP contribution in [0.15, 0.2) is 36.7 Å². The fraction of sp³-hybridized carbons (Fsp3) is 0.375. The maximum Gasteiger partial charge on any atom is 0.102 e. The van der Waals surface area contributed by atoms with Gasteiger partial charge in [-0.2, -0.15) is 0 Å². The first-order chi connectivity index (χ1) is 10.1. The zero-order valence-corrected chi connectivity index (χ0v) is 12.7. The highest BCUT2D eigenvalue weighted by molar-refractivity contribution is 5.84. The molecule has 0 spiro atoms. The highest BCUT2D eigenvalue weighted by Crippen LogP contribution is 2.22. The predicted molar refractivity (Wildman–Crippen MR) is 84.0 cm³/mol. The molecule has 0 bridgehead atoms. The monoisotopic (exact) mass is 283 g/mol. The number of fused-ring (bicyclic) bond motifs is 1. The van der Waals surface area contributed by atoms with E-state index in [2.05, 4.69) is 64.5 Å². The fourth-order valence-electron chi connectivity index (χ4n) is 2.55. The van der Waals surface area contributed by atoms with Crippen LogP contribution in [0.2, 0.25) is 0 Å². The van der Waals surface area contributed by atoms with E-state index < -0.39 is 0 Å². The number of benzene rings is 1. The van der Waals surface area contributed by atoms with Crippen molar-refractivity contribution in [2.75, 3.05) is 0 Å². The first-order valence-corrected chi connectivity index (χ1v) is 7.29. The molecule has 0 unspecified atom stereocenters. The SMILES string of the molecule is CC(C)NCc1cn(Cc2cn(C)nn2)c2ccccc12. The lowest BCUT2D eigenvalue weighted by molar-refractivity contribution is 0.589. The van der Waals surface area contributed by atoms with Gasteiger partial charge >= 0.3 is 0 Å². The number of hydrogen-bond donors (Lipinski definition) is 1. The van der Waals surface area contributed by atoms with Gasteiger partial charge in [-0.3, -0.25) is 4.68 Å². The molecule has 0 aliphatic rings. The number of nitrogens with one attached hydrogen (secondary N) is 1. The van der Waals surface area contributed by atoms with Crippen LogP contribution in [0.4, 0.5) is 0 Å². The van der Waals surface area contributed by atoms with Crippen LogP contribution in [0, 0.1) is 0 Å². The molecule has 3 rings (SSSR count). The normalized spacial score (nSPS) is 11.6. The number of nitrogens with zero attached hydrogens (tertiary/aromatic N) is 4. The smallest absolute Gasteiger partial charge is 0.102 e. The van der Waals surface area contributed by atoms with Crippen molar-refractivity contribution < 1.29 is 0 Å². The van der Waals surface area contributed by atoms with Gasteiger partial charge in [0.05, 0.1) is 6.54 Å². The first-order valence-electron chi connectivity index (χ1n) is 7.29. The molecule has 0 aliphatic heterocycles. The van der Waals surface area contributed by atoms with Crippen molar-refractivity contribution in [3.63, 3.8) is 0 Å². The molecular formula is C16H21N5. The van der Waals surface area contributed by atoms with E-state index in [9.17, 15) is 0 Å². The Hall–Kier alpha value is -2.14. The summed E-state index contributed by atoms with van der Waals surface area (Å²) >= 11 is 0. The van der Waals surface area contributed by atoms with Gasteiger partial charge in [-0.15, -0.1) is 5.10 Å². The first kappa shape index (κ1) is 13.8. The summed E-state index contributed by atoms with van der Waals surface area (Å²) in [5.41, 5.74) is 3.54. The Morgan fingerprint density at radius 1 is 1.19 bits per heavy atom. The number of aryl methyl sites for hydroxylation is 1. The lowest BCUT2D eigenvalue weighted by Crippen LogP contribution is -2.21. The summed E-state index contributed by atoms with van der Waals surface area (Å²) < 4.78 is 3.99. The third kappa shape index (κ3) is 2.97. The molecule has 2 aromatic heterocycles. The molecule has 5 heteroatoms. The highest BCUT2D eigenvalue weighted by Gasteiger charge is 2.09. The van der Waals surface area contributed by atoms with Gasteiger partial charge in [0, 0.05) is 42.9 Å². The summed E-state index contributed by atoms with van der Waals surface area (Å²) in [6.07, 6.45) is 4.18. The van der Waals surface area contributed by atoms with Gasteiger partial charge < -0.3 is 9.88 Å². The van der Waals surface area contributed by atoms with E-state index in [1.165, 1.54) is 16.5 Å². The zero-order chi connectivity index (χ0) is 14.8. The van der Waals surface area contributed by atoms with E-state index in [0.717, 1.165) is 18.8 Å². The molecule has 0 amide bonds. The molecule has 0 radical (unpaired) electrons. The Morgan fingerprint density at radius 2 is 2.00 bits per heavy atom. The van der Waals surface area contributed by atoms with Crippen LogP contribution in [-0.4, -0.2) is 25.6 Å². The summed E-state index contributed by atoms with van der Waals surface area (Å²) in [7, 11) is 1.89. The third-order valence-corrected chi connectivity index (χ3v) is 3.55. The Kier molecular flexibility index (Phi) is 3.75. The van der Waals surface area contributed by atoms with Crippen LogP contribution in [0.1, 0.15) is 25.1 Å². The van der Waals surface area contributed by atoms with Gasteiger partial charge in [-0.1, -0.05) is 37.3 Å². The molecule has 0 aliphatic carbocycles. The summed E-state index contributed by atoms with van der Waals surface area (Å²) in [6, 6.07) is 8.99. The van der Waals surface area contributed by atoms with Crippen LogP contribution in [0.25, 0.3) is 10.9 Å². The average molecular weight is 283 g/mol. The Morgan fingerprint density at radius 3 is 2.71 bits per heavy atom. The quantitative estimate of drug-likeness (QED) is 0.781. The molecule has 2 heterocycles. The predicted octanol–water partition coefficient (Wildman–Crippen LogP) is 2.32. The van der Waals surface area contributed by atoms with E-state index in [1.54, 1.807) is 4.68 Å². The topological polar surface area (TPSA) is 47.7 Å². The largest absolute Gasteiger partial charge is 0.341 e.